The number of carbonyl (C=O) groups excluding carboxylic acids is 1. The highest BCUT2D eigenvalue weighted by molar-refractivity contribution is 5.98. The number of amides is 1. The third-order valence-electron chi connectivity index (χ3n) is 5.64. The van der Waals surface area contributed by atoms with Crippen LogP contribution in [0.4, 0.5) is 0 Å². The summed E-state index contributed by atoms with van der Waals surface area (Å²) in [6.45, 7) is 3.46. The summed E-state index contributed by atoms with van der Waals surface area (Å²) in [6, 6.07) is 19.7. The van der Waals surface area contributed by atoms with Gasteiger partial charge in [-0.3, -0.25) is 9.69 Å². The van der Waals surface area contributed by atoms with Gasteiger partial charge in [-0.25, -0.2) is 0 Å². The summed E-state index contributed by atoms with van der Waals surface area (Å²) in [6.07, 6.45) is 0.377. The monoisotopic (exact) mass is 419 g/mol. The third-order valence-corrected chi connectivity index (χ3v) is 5.64. The molecule has 31 heavy (non-hydrogen) atoms. The van der Waals surface area contributed by atoms with E-state index in [-0.39, 0.29) is 12.5 Å². The van der Waals surface area contributed by atoms with Crippen molar-refractivity contribution < 1.29 is 14.6 Å². The number of fused-ring (bicyclic) bond motifs is 2. The molecule has 0 spiro atoms. The summed E-state index contributed by atoms with van der Waals surface area (Å²) in [5.41, 5.74) is 8.75. The lowest BCUT2D eigenvalue weighted by atomic mass is 10.00. The smallest absolute Gasteiger partial charge is 0.251 e. The number of rotatable bonds is 8. The Bertz CT molecular complexity index is 1050. The zero-order valence-corrected chi connectivity index (χ0v) is 17.6. The molecule has 0 saturated carbocycles. The first-order valence-corrected chi connectivity index (χ1v) is 10.7. The van der Waals surface area contributed by atoms with E-state index in [0.29, 0.717) is 25.3 Å². The normalized spacial score (nSPS) is 14.8. The molecule has 4 N–H and O–H groups in total. The van der Waals surface area contributed by atoms with Crippen LogP contribution >= 0.6 is 0 Å². The molecule has 6 nitrogen and oxygen atoms in total. The molecule has 0 unspecified atom stereocenters. The molecule has 1 atom stereocenters. The molecule has 1 aliphatic rings. The standard InChI is InChI=1S/C25H29N3O3/c26-10-12-31-24-8-7-19-13-21(6-5-20(19)14-24)25(30)27-15-23(29)17-28-11-9-18-3-1-2-4-22(18)16-28/h1-8,13-14,23,29H,9-12,15-17,26H2,(H,27,30)/t23-/m0/s1. The Morgan fingerprint density at radius 3 is 2.71 bits per heavy atom. The molecule has 0 aliphatic carbocycles. The molecule has 1 aliphatic heterocycles. The Morgan fingerprint density at radius 2 is 1.87 bits per heavy atom. The van der Waals surface area contributed by atoms with E-state index in [9.17, 15) is 9.90 Å². The quantitative estimate of drug-likeness (QED) is 0.522. The number of aliphatic hydroxyl groups excluding tert-OH is 1. The second-order valence-electron chi connectivity index (χ2n) is 7.98. The molecule has 3 aromatic carbocycles. The molecule has 1 heterocycles. The van der Waals surface area contributed by atoms with Crippen LogP contribution in [0.1, 0.15) is 21.5 Å². The number of nitrogens with zero attached hydrogens (tertiary/aromatic N) is 1. The SMILES string of the molecule is NCCOc1ccc2cc(C(=O)NC[C@H](O)CN3CCc4ccccc4C3)ccc2c1. The Balaban J connectivity index is 1.30. The van der Waals surface area contributed by atoms with Crippen molar-refractivity contribution >= 4 is 16.7 Å². The fraction of sp³-hybridized carbons (Fsp3) is 0.320. The number of hydrogen-bond acceptors (Lipinski definition) is 5. The van der Waals surface area contributed by atoms with Crippen LogP contribution in [0.3, 0.4) is 0 Å². The van der Waals surface area contributed by atoms with Crippen molar-refractivity contribution in [1.29, 1.82) is 0 Å². The van der Waals surface area contributed by atoms with E-state index in [1.165, 1.54) is 11.1 Å². The van der Waals surface area contributed by atoms with Gasteiger partial charge in [0.15, 0.2) is 0 Å². The molecule has 0 saturated heterocycles. The third kappa shape index (κ3) is 5.41. The molecule has 0 bridgehead atoms. The van der Waals surface area contributed by atoms with Crippen molar-refractivity contribution in [3.8, 4) is 5.75 Å². The van der Waals surface area contributed by atoms with Crippen LogP contribution in [0.5, 0.6) is 5.75 Å². The van der Waals surface area contributed by atoms with Crippen molar-refractivity contribution in [1.82, 2.24) is 10.2 Å². The van der Waals surface area contributed by atoms with Gasteiger partial charge >= 0.3 is 0 Å². The van der Waals surface area contributed by atoms with Gasteiger partial charge in [0.1, 0.15) is 12.4 Å². The summed E-state index contributed by atoms with van der Waals surface area (Å²) in [7, 11) is 0. The van der Waals surface area contributed by atoms with Gasteiger partial charge in [0.05, 0.1) is 6.10 Å². The number of hydrogen-bond donors (Lipinski definition) is 3. The minimum Gasteiger partial charge on any atom is -0.492 e. The molecule has 3 aromatic rings. The summed E-state index contributed by atoms with van der Waals surface area (Å²) >= 11 is 0. The molecule has 6 heteroatoms. The van der Waals surface area contributed by atoms with Crippen molar-refractivity contribution in [2.24, 2.45) is 5.73 Å². The molecule has 4 rings (SSSR count). The van der Waals surface area contributed by atoms with E-state index in [2.05, 4.69) is 34.5 Å². The Labute approximate surface area is 182 Å². The molecule has 0 radical (unpaired) electrons. The number of benzene rings is 3. The second kappa shape index (κ2) is 9.92. The van der Waals surface area contributed by atoms with Gasteiger partial charge in [0.25, 0.3) is 5.91 Å². The Kier molecular flexibility index (Phi) is 6.82. The van der Waals surface area contributed by atoms with E-state index in [1.807, 2.05) is 30.3 Å². The van der Waals surface area contributed by atoms with Crippen LogP contribution < -0.4 is 15.8 Å². The van der Waals surface area contributed by atoms with Crippen molar-refractivity contribution in [3.63, 3.8) is 0 Å². The molecule has 162 valence electrons. The zero-order valence-electron chi connectivity index (χ0n) is 17.6. The Hall–Kier alpha value is -2.93. The zero-order chi connectivity index (χ0) is 21.6. The van der Waals surface area contributed by atoms with E-state index in [4.69, 9.17) is 10.5 Å². The van der Waals surface area contributed by atoms with Crippen LogP contribution in [0.25, 0.3) is 10.8 Å². The van der Waals surface area contributed by atoms with Crippen LogP contribution in [0, 0.1) is 0 Å². The lowest BCUT2D eigenvalue weighted by Gasteiger charge is -2.30. The van der Waals surface area contributed by atoms with E-state index >= 15 is 0 Å². The summed E-state index contributed by atoms with van der Waals surface area (Å²) in [5.74, 6) is 0.576. The number of ether oxygens (including phenoxy) is 1. The number of nitrogens with two attached hydrogens (primary N) is 1. The topological polar surface area (TPSA) is 87.8 Å². The van der Waals surface area contributed by atoms with Crippen LogP contribution in [-0.2, 0) is 13.0 Å². The molecular formula is C25H29N3O3. The molecule has 0 aromatic heterocycles. The fourth-order valence-electron chi connectivity index (χ4n) is 4.02. The summed E-state index contributed by atoms with van der Waals surface area (Å²) in [4.78, 5) is 14.8. The lowest BCUT2D eigenvalue weighted by molar-refractivity contribution is 0.0842. The maximum absolute atomic E-state index is 12.6. The van der Waals surface area contributed by atoms with Gasteiger partial charge in [0.2, 0.25) is 0 Å². The molecule has 0 fully saturated rings. The van der Waals surface area contributed by atoms with Crippen molar-refractivity contribution in [2.45, 2.75) is 19.1 Å². The number of carbonyl (C=O) groups is 1. The number of aliphatic hydroxyl groups is 1. The molecular weight excluding hydrogens is 390 g/mol. The van der Waals surface area contributed by atoms with E-state index < -0.39 is 6.10 Å². The second-order valence-corrected chi connectivity index (χ2v) is 7.98. The number of nitrogens with one attached hydrogen (secondary N) is 1. The first kappa shape index (κ1) is 21.3. The fourth-order valence-corrected chi connectivity index (χ4v) is 4.02. The van der Waals surface area contributed by atoms with Crippen LogP contribution in [-0.4, -0.2) is 54.8 Å². The minimum absolute atomic E-state index is 0.187. The maximum atomic E-state index is 12.6. The average molecular weight is 420 g/mol. The van der Waals surface area contributed by atoms with Crippen LogP contribution in [0.2, 0.25) is 0 Å². The lowest BCUT2D eigenvalue weighted by Crippen LogP contribution is -2.42. The van der Waals surface area contributed by atoms with Gasteiger partial charge in [-0.1, -0.05) is 36.4 Å². The first-order valence-electron chi connectivity index (χ1n) is 10.7. The average Bonchev–Trinajstić information content (AvgIpc) is 2.80. The number of β-amino-alcohol motifs (C(OH)–C–C–N with tert-alkyl or cyclic N) is 1. The Morgan fingerprint density at radius 1 is 1.10 bits per heavy atom. The van der Waals surface area contributed by atoms with Gasteiger partial charge in [-0.2, -0.15) is 0 Å². The first-order chi connectivity index (χ1) is 15.1. The molecule has 1 amide bonds. The van der Waals surface area contributed by atoms with Crippen molar-refractivity contribution in [3.05, 3.63) is 77.4 Å². The van der Waals surface area contributed by atoms with Crippen LogP contribution in [0.15, 0.2) is 60.7 Å². The highest BCUT2D eigenvalue weighted by atomic mass is 16.5. The largest absolute Gasteiger partial charge is 0.492 e. The predicted molar refractivity (Wildman–Crippen MR) is 122 cm³/mol. The maximum Gasteiger partial charge on any atom is 0.251 e. The summed E-state index contributed by atoms with van der Waals surface area (Å²) in [5, 5.41) is 15.3. The van der Waals surface area contributed by atoms with E-state index in [0.717, 1.165) is 36.0 Å². The van der Waals surface area contributed by atoms with Gasteiger partial charge in [-0.15, -0.1) is 0 Å². The van der Waals surface area contributed by atoms with Gasteiger partial charge < -0.3 is 20.9 Å². The van der Waals surface area contributed by atoms with Gasteiger partial charge in [-0.05, 0) is 52.6 Å². The van der Waals surface area contributed by atoms with Crippen molar-refractivity contribution in [2.75, 3.05) is 32.8 Å². The highest BCUT2D eigenvalue weighted by Gasteiger charge is 2.19. The van der Waals surface area contributed by atoms with Gasteiger partial charge in [0, 0.05) is 38.3 Å². The predicted octanol–water partition coefficient (Wildman–Crippen LogP) is 2.33. The summed E-state index contributed by atoms with van der Waals surface area (Å²) < 4.78 is 5.55. The van der Waals surface area contributed by atoms with E-state index in [1.54, 1.807) is 6.07 Å². The minimum atomic E-state index is -0.614. The highest BCUT2D eigenvalue weighted by Crippen LogP contribution is 2.22.